The number of aromatic nitrogens is 2. The third kappa shape index (κ3) is 5.11. The minimum atomic E-state index is 0. The molecule has 1 aromatic heterocycles. The van der Waals surface area contributed by atoms with Gasteiger partial charge in [0.15, 0.2) is 0 Å². The summed E-state index contributed by atoms with van der Waals surface area (Å²) in [7, 11) is 0. The molecule has 0 bridgehead atoms. The van der Waals surface area contributed by atoms with Gasteiger partial charge < -0.3 is 15.8 Å². The quantitative estimate of drug-likeness (QED) is 0.615. The normalized spacial score (nSPS) is 9.96. The smallest absolute Gasteiger partial charge is 0.144 e. The van der Waals surface area contributed by atoms with Gasteiger partial charge in [0.1, 0.15) is 17.4 Å². The lowest BCUT2D eigenvalue weighted by Crippen LogP contribution is -2.08. The molecule has 0 saturated carbocycles. The molecule has 0 saturated heterocycles. The predicted octanol–water partition coefficient (Wildman–Crippen LogP) is 4.60. The summed E-state index contributed by atoms with van der Waals surface area (Å²) >= 11 is 6.24. The van der Waals surface area contributed by atoms with Crippen LogP contribution in [0.1, 0.15) is 18.3 Å². The highest BCUT2D eigenvalue weighted by Crippen LogP contribution is 2.26. The Bertz CT molecular complexity index is 861. The molecular weight excluding hydrogens is 395 g/mol. The summed E-state index contributed by atoms with van der Waals surface area (Å²) < 4.78 is 5.46. The maximum atomic E-state index is 6.24. The SMILES string of the molecule is CCOc1ccc(CNc2nc(CN)nc3ccccc23)cc1Cl.Cl.Cl. The molecule has 0 aliphatic rings. The molecule has 8 heteroatoms. The number of hydrogen-bond acceptors (Lipinski definition) is 5. The lowest BCUT2D eigenvalue weighted by atomic mass is 10.2. The zero-order valence-electron chi connectivity index (χ0n) is 14.2. The molecule has 0 atom stereocenters. The summed E-state index contributed by atoms with van der Waals surface area (Å²) in [6.07, 6.45) is 0. The molecule has 2 aromatic carbocycles. The monoisotopic (exact) mass is 414 g/mol. The third-order valence-corrected chi connectivity index (χ3v) is 3.88. The van der Waals surface area contributed by atoms with E-state index in [1.807, 2.05) is 49.4 Å². The number of nitrogens with two attached hydrogens (primary N) is 1. The average molecular weight is 416 g/mol. The van der Waals surface area contributed by atoms with Gasteiger partial charge in [-0.2, -0.15) is 0 Å². The van der Waals surface area contributed by atoms with E-state index in [0.29, 0.717) is 36.3 Å². The first kappa shape index (κ1) is 22.3. The lowest BCUT2D eigenvalue weighted by Gasteiger charge is -2.12. The van der Waals surface area contributed by atoms with Crippen LogP contribution >= 0.6 is 36.4 Å². The molecule has 5 nitrogen and oxygen atoms in total. The number of rotatable bonds is 6. The van der Waals surface area contributed by atoms with Crippen molar-refractivity contribution in [3.63, 3.8) is 0 Å². The molecule has 0 unspecified atom stereocenters. The second-order valence-corrected chi connectivity index (χ2v) is 5.67. The van der Waals surface area contributed by atoms with Gasteiger partial charge in [0.2, 0.25) is 0 Å². The van der Waals surface area contributed by atoms with Gasteiger partial charge in [-0.1, -0.05) is 29.8 Å². The second kappa shape index (κ2) is 10.4. The molecule has 1 heterocycles. The van der Waals surface area contributed by atoms with E-state index in [1.54, 1.807) is 0 Å². The summed E-state index contributed by atoms with van der Waals surface area (Å²) in [6, 6.07) is 13.6. The Labute approximate surface area is 170 Å². The molecule has 3 aromatic rings. The van der Waals surface area contributed by atoms with E-state index in [1.165, 1.54) is 0 Å². The fourth-order valence-electron chi connectivity index (χ4n) is 2.46. The molecule has 3 rings (SSSR count). The van der Waals surface area contributed by atoms with Crippen molar-refractivity contribution in [1.82, 2.24) is 9.97 Å². The Morgan fingerprint density at radius 3 is 2.58 bits per heavy atom. The van der Waals surface area contributed by atoms with Crippen molar-refractivity contribution in [2.75, 3.05) is 11.9 Å². The number of benzene rings is 2. The van der Waals surface area contributed by atoms with E-state index in [4.69, 9.17) is 22.1 Å². The first-order valence-corrected chi connectivity index (χ1v) is 8.20. The number of nitrogens with one attached hydrogen (secondary N) is 1. The zero-order chi connectivity index (χ0) is 16.9. The summed E-state index contributed by atoms with van der Waals surface area (Å²) in [5.41, 5.74) is 7.62. The van der Waals surface area contributed by atoms with Gasteiger partial charge in [0.25, 0.3) is 0 Å². The molecule has 26 heavy (non-hydrogen) atoms. The van der Waals surface area contributed by atoms with Crippen LogP contribution in [0.4, 0.5) is 5.82 Å². The fraction of sp³-hybridized carbons (Fsp3) is 0.222. The number of fused-ring (bicyclic) bond motifs is 1. The topological polar surface area (TPSA) is 73.1 Å². The van der Waals surface area contributed by atoms with E-state index in [0.717, 1.165) is 22.3 Å². The number of hydrogen-bond donors (Lipinski definition) is 2. The van der Waals surface area contributed by atoms with E-state index in [-0.39, 0.29) is 24.8 Å². The van der Waals surface area contributed by atoms with Gasteiger partial charge in [-0.05, 0) is 36.8 Å². The van der Waals surface area contributed by atoms with Crippen LogP contribution < -0.4 is 15.8 Å². The molecule has 0 fully saturated rings. The van der Waals surface area contributed by atoms with Crippen LogP contribution in [-0.4, -0.2) is 16.6 Å². The van der Waals surface area contributed by atoms with Crippen LogP contribution in [0.2, 0.25) is 5.02 Å². The van der Waals surface area contributed by atoms with Crippen LogP contribution in [0, 0.1) is 0 Å². The Balaban J connectivity index is 0.00000169. The molecule has 0 radical (unpaired) electrons. The molecular formula is C18H21Cl3N4O. The van der Waals surface area contributed by atoms with Gasteiger partial charge in [-0.25, -0.2) is 9.97 Å². The van der Waals surface area contributed by atoms with Crippen LogP contribution in [-0.2, 0) is 13.1 Å². The van der Waals surface area contributed by atoms with Crippen molar-refractivity contribution < 1.29 is 4.74 Å². The van der Waals surface area contributed by atoms with Crippen LogP contribution in [0.15, 0.2) is 42.5 Å². The third-order valence-electron chi connectivity index (χ3n) is 3.59. The molecule has 0 amide bonds. The summed E-state index contributed by atoms with van der Waals surface area (Å²) in [5.74, 6) is 2.08. The summed E-state index contributed by atoms with van der Waals surface area (Å²) in [4.78, 5) is 8.94. The first-order chi connectivity index (χ1) is 11.7. The summed E-state index contributed by atoms with van der Waals surface area (Å²) in [5, 5.41) is 4.92. The molecule has 140 valence electrons. The van der Waals surface area contributed by atoms with E-state index in [9.17, 15) is 0 Å². The number of halogens is 3. The number of anilines is 1. The van der Waals surface area contributed by atoms with Crippen LogP contribution in [0.3, 0.4) is 0 Å². The van der Waals surface area contributed by atoms with Crippen LogP contribution in [0.25, 0.3) is 10.9 Å². The first-order valence-electron chi connectivity index (χ1n) is 7.82. The van der Waals surface area contributed by atoms with E-state index >= 15 is 0 Å². The van der Waals surface area contributed by atoms with Crippen molar-refractivity contribution in [3.05, 3.63) is 58.9 Å². The van der Waals surface area contributed by atoms with Crippen molar-refractivity contribution in [2.24, 2.45) is 5.73 Å². The van der Waals surface area contributed by atoms with Gasteiger partial charge in [-0.3, -0.25) is 0 Å². The highest BCUT2D eigenvalue weighted by Gasteiger charge is 2.07. The minimum absolute atomic E-state index is 0. The summed E-state index contributed by atoms with van der Waals surface area (Å²) in [6.45, 7) is 3.42. The van der Waals surface area contributed by atoms with Crippen molar-refractivity contribution in [1.29, 1.82) is 0 Å². The maximum absolute atomic E-state index is 6.24. The number of para-hydroxylation sites is 1. The average Bonchev–Trinajstić information content (AvgIpc) is 2.61. The molecule has 0 aliphatic carbocycles. The Morgan fingerprint density at radius 1 is 1.12 bits per heavy atom. The highest BCUT2D eigenvalue weighted by molar-refractivity contribution is 6.32. The van der Waals surface area contributed by atoms with Crippen LogP contribution in [0.5, 0.6) is 5.75 Å². The number of ether oxygens (including phenoxy) is 1. The van der Waals surface area contributed by atoms with E-state index < -0.39 is 0 Å². The number of nitrogens with zero attached hydrogens (tertiary/aromatic N) is 2. The van der Waals surface area contributed by atoms with Crippen molar-refractivity contribution in [2.45, 2.75) is 20.0 Å². The fourth-order valence-corrected chi connectivity index (χ4v) is 2.72. The molecule has 3 N–H and O–H groups in total. The predicted molar refractivity (Wildman–Crippen MR) is 112 cm³/mol. The second-order valence-electron chi connectivity index (χ2n) is 5.26. The molecule has 0 spiro atoms. The highest BCUT2D eigenvalue weighted by atomic mass is 35.5. The van der Waals surface area contributed by atoms with Crippen molar-refractivity contribution in [3.8, 4) is 5.75 Å². The van der Waals surface area contributed by atoms with Crippen molar-refractivity contribution >= 4 is 53.1 Å². The van der Waals surface area contributed by atoms with E-state index in [2.05, 4.69) is 15.3 Å². The van der Waals surface area contributed by atoms with Gasteiger partial charge in [0, 0.05) is 11.9 Å². The Hall–Kier alpha value is -1.79. The van der Waals surface area contributed by atoms with Gasteiger partial charge >= 0.3 is 0 Å². The van der Waals surface area contributed by atoms with Gasteiger partial charge in [-0.15, -0.1) is 24.8 Å². The zero-order valence-corrected chi connectivity index (χ0v) is 16.6. The largest absolute Gasteiger partial charge is 0.492 e. The Morgan fingerprint density at radius 2 is 1.88 bits per heavy atom. The Kier molecular flexibility index (Phi) is 8.88. The standard InChI is InChI=1S/C18H19ClN4O.2ClH/c1-2-24-16-8-7-12(9-14(16)19)11-21-18-13-5-3-4-6-15(13)22-17(10-20)23-18;;/h3-9H,2,10-11,20H2,1H3,(H,21,22,23);2*1H. The maximum Gasteiger partial charge on any atom is 0.144 e. The van der Waals surface area contributed by atoms with Gasteiger partial charge in [0.05, 0.1) is 23.7 Å². The lowest BCUT2D eigenvalue weighted by molar-refractivity contribution is 0.340. The minimum Gasteiger partial charge on any atom is -0.492 e. The molecule has 0 aliphatic heterocycles.